The molecule has 0 aliphatic heterocycles. The molecule has 0 atom stereocenters. The third kappa shape index (κ3) is 18.7. The van der Waals surface area contributed by atoms with Crippen LogP contribution in [0.3, 0.4) is 0 Å². The van der Waals surface area contributed by atoms with Crippen molar-refractivity contribution in [3.63, 3.8) is 0 Å². The molecular formula is H6Ni2Sn3. The van der Waals surface area contributed by atoms with Gasteiger partial charge >= 0.3 is 71.7 Å². The molecular weight excluding hydrogens is 474 g/mol. The van der Waals surface area contributed by atoms with E-state index in [1.54, 1.807) is 0 Å². The molecule has 0 heterocycles. The van der Waals surface area contributed by atoms with Gasteiger partial charge in [-0.05, 0) is 0 Å². The zero-order valence-electron chi connectivity index (χ0n) is 2.75. The zero-order valence-corrected chi connectivity index (χ0v) is 16.8. The van der Waals surface area contributed by atoms with Crippen molar-refractivity contribution in [2.45, 2.75) is 0 Å². The van der Waals surface area contributed by atoms with Crippen LogP contribution in [0.1, 0.15) is 0 Å². The van der Waals surface area contributed by atoms with Gasteiger partial charge in [0.25, 0.3) is 0 Å². The fraction of sp³-hybridized carbons (Fsp3) is 0. The molecule has 5 heavy (non-hydrogen) atoms. The van der Waals surface area contributed by atoms with Crippen molar-refractivity contribution in [2.75, 3.05) is 0 Å². The fourth-order valence-corrected chi connectivity index (χ4v) is 0. The minimum atomic E-state index is 0. The van der Waals surface area contributed by atoms with Crippen LogP contribution in [-0.2, 0) is 33.0 Å². The van der Waals surface area contributed by atoms with E-state index in [1.165, 1.54) is 0 Å². The van der Waals surface area contributed by atoms with E-state index in [0.717, 1.165) is 0 Å². The first-order valence-electron chi connectivity index (χ1n) is 0. The van der Waals surface area contributed by atoms with E-state index in [1.807, 2.05) is 0 Å². The topological polar surface area (TPSA) is 0 Å². The van der Waals surface area contributed by atoms with Gasteiger partial charge in [0.15, 0.2) is 0 Å². The van der Waals surface area contributed by atoms with Gasteiger partial charge in [-0.2, -0.15) is 0 Å². The first-order valence-corrected chi connectivity index (χ1v) is 0. The van der Waals surface area contributed by atoms with Crippen LogP contribution in [0.4, 0.5) is 0 Å². The van der Waals surface area contributed by atoms with E-state index in [2.05, 4.69) is 0 Å². The van der Waals surface area contributed by atoms with E-state index in [9.17, 15) is 0 Å². The molecule has 6 radical (unpaired) electrons. The average Bonchev–Trinajstić information content (AvgIpc) is 0. The zero-order chi connectivity index (χ0) is 0. The van der Waals surface area contributed by atoms with Gasteiger partial charge in [-0.1, -0.05) is 0 Å². The summed E-state index contributed by atoms with van der Waals surface area (Å²) in [6.45, 7) is 0. The molecule has 0 aromatic rings. The molecule has 0 saturated carbocycles. The predicted octanol–water partition coefficient (Wildman–Crippen LogP) is -2.75. The van der Waals surface area contributed by atoms with Gasteiger partial charge in [0.05, 0.1) is 0 Å². The van der Waals surface area contributed by atoms with Crippen molar-refractivity contribution in [1.82, 2.24) is 0 Å². The Bertz CT molecular complexity index is 4.85. The molecule has 0 rings (SSSR count). The quantitative estimate of drug-likeness (QED) is 0.331. The minimum absolute atomic E-state index is 0. The predicted molar refractivity (Wildman–Crippen MR) is 25.6 cm³/mol. The van der Waals surface area contributed by atoms with Crippen molar-refractivity contribution >= 4 is 71.7 Å². The second-order valence-corrected chi connectivity index (χ2v) is 0. The van der Waals surface area contributed by atoms with E-state index in [0.29, 0.717) is 0 Å². The van der Waals surface area contributed by atoms with Crippen LogP contribution in [-0.4, -0.2) is 71.7 Å². The van der Waals surface area contributed by atoms with Gasteiger partial charge in [-0.15, -0.1) is 0 Å². The molecule has 0 amide bonds. The Hall–Kier alpha value is 3.38. The van der Waals surface area contributed by atoms with Crippen LogP contribution in [0.2, 0.25) is 0 Å². The summed E-state index contributed by atoms with van der Waals surface area (Å²) in [5.41, 5.74) is 0. The van der Waals surface area contributed by atoms with Gasteiger partial charge < -0.3 is 0 Å². The van der Waals surface area contributed by atoms with Crippen LogP contribution in [0, 0.1) is 0 Å². The Morgan fingerprint density at radius 3 is 0.400 bits per heavy atom. The van der Waals surface area contributed by atoms with Crippen LogP contribution in [0.5, 0.6) is 0 Å². The van der Waals surface area contributed by atoms with E-state index in [4.69, 9.17) is 0 Å². The van der Waals surface area contributed by atoms with Gasteiger partial charge in [0.2, 0.25) is 0 Å². The van der Waals surface area contributed by atoms with Gasteiger partial charge in [-0.25, -0.2) is 0 Å². The van der Waals surface area contributed by atoms with Crippen molar-refractivity contribution in [2.24, 2.45) is 0 Å². The number of hydrogen-bond donors (Lipinski definition) is 0. The third-order valence-electron chi connectivity index (χ3n) is 0. The van der Waals surface area contributed by atoms with Crippen LogP contribution in [0.15, 0.2) is 0 Å². The van der Waals surface area contributed by atoms with Gasteiger partial charge in [0, 0.05) is 33.0 Å². The Labute approximate surface area is 103 Å². The fourth-order valence-electron chi connectivity index (χ4n) is 0. The normalized spacial score (nSPS) is 0. The molecule has 0 N–H and O–H groups in total. The first-order chi connectivity index (χ1) is 0. The standard InChI is InChI=1S/2Ni.3Sn.6H. The van der Waals surface area contributed by atoms with Gasteiger partial charge in [0.1, 0.15) is 0 Å². The first kappa shape index (κ1) is 39.9. The molecule has 5 heteroatoms. The summed E-state index contributed by atoms with van der Waals surface area (Å²) in [5.74, 6) is 0. The second kappa shape index (κ2) is 26.3. The molecule has 0 bridgehead atoms. The summed E-state index contributed by atoms with van der Waals surface area (Å²) < 4.78 is 0. The monoisotopic (exact) mass is 482 g/mol. The van der Waals surface area contributed by atoms with Crippen LogP contribution >= 0.6 is 0 Å². The van der Waals surface area contributed by atoms with Crippen LogP contribution in [0.25, 0.3) is 0 Å². The molecule has 0 aliphatic rings. The molecule has 0 spiro atoms. The Balaban J connectivity index is 0. The summed E-state index contributed by atoms with van der Waals surface area (Å²) in [4.78, 5) is 0. The molecule has 0 aliphatic carbocycles. The Kier molecular flexibility index (Phi) is 210. The van der Waals surface area contributed by atoms with Crippen molar-refractivity contribution in [3.05, 3.63) is 0 Å². The summed E-state index contributed by atoms with van der Waals surface area (Å²) >= 11 is 0. The average molecular weight is 480 g/mol. The molecule has 0 aromatic heterocycles. The number of hydrogen-bond acceptors (Lipinski definition) is 0. The van der Waals surface area contributed by atoms with E-state index >= 15 is 0 Å². The SMILES string of the molecule is [Ni].[Ni].[SnH2].[SnH2].[SnH2]. The second-order valence-electron chi connectivity index (χ2n) is 0. The summed E-state index contributed by atoms with van der Waals surface area (Å²) in [6.07, 6.45) is 0. The molecule has 0 nitrogen and oxygen atoms in total. The molecule has 0 fully saturated rings. The maximum atomic E-state index is 0. The Morgan fingerprint density at radius 2 is 0.400 bits per heavy atom. The van der Waals surface area contributed by atoms with E-state index in [-0.39, 0.29) is 105 Å². The molecule has 0 unspecified atom stereocenters. The summed E-state index contributed by atoms with van der Waals surface area (Å²) in [5, 5.41) is 0. The summed E-state index contributed by atoms with van der Waals surface area (Å²) in [6, 6.07) is 0. The third-order valence-corrected chi connectivity index (χ3v) is 0. The van der Waals surface area contributed by atoms with Crippen molar-refractivity contribution < 1.29 is 33.0 Å². The molecule has 0 saturated heterocycles. The maximum absolute atomic E-state index is 0. The number of rotatable bonds is 0. The van der Waals surface area contributed by atoms with Gasteiger partial charge in [-0.3, -0.25) is 0 Å². The summed E-state index contributed by atoms with van der Waals surface area (Å²) in [7, 11) is 0. The van der Waals surface area contributed by atoms with Crippen molar-refractivity contribution in [1.29, 1.82) is 0 Å². The molecule has 38 valence electrons. The molecule has 0 aromatic carbocycles. The van der Waals surface area contributed by atoms with Crippen molar-refractivity contribution in [3.8, 4) is 0 Å². The van der Waals surface area contributed by atoms with E-state index < -0.39 is 0 Å². The van der Waals surface area contributed by atoms with Crippen LogP contribution < -0.4 is 0 Å². The Morgan fingerprint density at radius 1 is 0.400 bits per heavy atom.